The Hall–Kier alpha value is -1.60. The molecule has 0 spiro atoms. The molecule has 2 N–H and O–H groups in total. The van der Waals surface area contributed by atoms with Crippen molar-refractivity contribution in [2.75, 3.05) is 46.9 Å². The lowest BCUT2D eigenvalue weighted by Crippen LogP contribution is -2.41. The summed E-state index contributed by atoms with van der Waals surface area (Å²) in [4.78, 5) is 7.10. The lowest BCUT2D eigenvalue weighted by molar-refractivity contribution is 0.180. The average Bonchev–Trinajstić information content (AvgIpc) is 2.94. The van der Waals surface area contributed by atoms with Gasteiger partial charge in [-0.25, -0.2) is 4.99 Å². The van der Waals surface area contributed by atoms with Gasteiger partial charge in [-0.15, -0.1) is 0 Å². The van der Waals surface area contributed by atoms with E-state index in [0.29, 0.717) is 6.54 Å². The van der Waals surface area contributed by atoms with Crippen LogP contribution in [-0.4, -0.2) is 67.6 Å². The van der Waals surface area contributed by atoms with Gasteiger partial charge in [0, 0.05) is 58.2 Å². The molecule has 7 nitrogen and oxygen atoms in total. The number of nitrogens with one attached hydrogen (secondary N) is 2. The Balaban J connectivity index is 2.61. The molecule has 0 aliphatic heterocycles. The minimum atomic E-state index is 0.666. The molecule has 0 fully saturated rings. The van der Waals surface area contributed by atoms with Gasteiger partial charge in [-0.2, -0.15) is 5.10 Å². The predicted molar refractivity (Wildman–Crippen MR) is 109 cm³/mol. The largest absolute Gasteiger partial charge is 0.385 e. The Morgan fingerprint density at radius 3 is 2.58 bits per heavy atom. The molecule has 7 heteroatoms. The highest BCUT2D eigenvalue weighted by molar-refractivity contribution is 5.79. The van der Waals surface area contributed by atoms with Gasteiger partial charge in [0.05, 0.1) is 12.2 Å². The summed E-state index contributed by atoms with van der Waals surface area (Å²) in [5, 5.41) is 11.4. The summed E-state index contributed by atoms with van der Waals surface area (Å²) in [6, 6.07) is 0. The Kier molecular flexibility index (Phi) is 11.0. The van der Waals surface area contributed by atoms with Crippen LogP contribution in [0.3, 0.4) is 0 Å². The molecule has 0 aliphatic carbocycles. The third-order valence-corrected chi connectivity index (χ3v) is 4.44. The Morgan fingerprint density at radius 1 is 1.19 bits per heavy atom. The van der Waals surface area contributed by atoms with Gasteiger partial charge in [0.15, 0.2) is 5.96 Å². The first-order valence-electron chi connectivity index (χ1n) is 9.80. The van der Waals surface area contributed by atoms with Crippen LogP contribution in [0.4, 0.5) is 0 Å². The first kappa shape index (κ1) is 22.4. The second-order valence-electron chi connectivity index (χ2n) is 6.47. The first-order chi connectivity index (χ1) is 12.6. The van der Waals surface area contributed by atoms with Crippen LogP contribution in [0.25, 0.3) is 0 Å². The summed E-state index contributed by atoms with van der Waals surface area (Å²) in [5.74, 6) is 0.866. The third-order valence-electron chi connectivity index (χ3n) is 4.44. The van der Waals surface area contributed by atoms with Crippen molar-refractivity contribution in [1.82, 2.24) is 25.3 Å². The lowest BCUT2D eigenvalue weighted by atomic mass is 10.1. The number of methoxy groups -OCH3 is 1. The number of nitrogens with zero attached hydrogens (tertiary/aromatic N) is 4. The quantitative estimate of drug-likeness (QED) is 0.334. The van der Waals surface area contributed by atoms with E-state index in [9.17, 15) is 0 Å². The van der Waals surface area contributed by atoms with Gasteiger partial charge in [-0.1, -0.05) is 13.8 Å². The van der Waals surface area contributed by atoms with E-state index >= 15 is 0 Å². The minimum absolute atomic E-state index is 0.666. The zero-order chi connectivity index (χ0) is 19.4. The van der Waals surface area contributed by atoms with Crippen molar-refractivity contribution in [2.45, 2.75) is 46.6 Å². The predicted octanol–water partition coefficient (Wildman–Crippen LogP) is 1.57. The maximum Gasteiger partial charge on any atom is 0.191 e. The normalized spacial score (nSPS) is 12.0. The molecule has 0 aliphatic rings. The van der Waals surface area contributed by atoms with E-state index in [4.69, 9.17) is 9.73 Å². The van der Waals surface area contributed by atoms with E-state index in [1.54, 1.807) is 7.11 Å². The molecular formula is C19H38N6O. The van der Waals surface area contributed by atoms with E-state index in [-0.39, 0.29) is 0 Å². The molecule has 0 saturated carbocycles. The number of hydrogen-bond donors (Lipinski definition) is 2. The van der Waals surface area contributed by atoms with Crippen LogP contribution >= 0.6 is 0 Å². The van der Waals surface area contributed by atoms with E-state index in [0.717, 1.165) is 63.7 Å². The van der Waals surface area contributed by atoms with Crippen molar-refractivity contribution in [3.05, 3.63) is 17.0 Å². The summed E-state index contributed by atoms with van der Waals surface area (Å²) in [7, 11) is 5.91. The SMILES string of the molecule is CCNC(=NCc1c(CC)nn(C)c1CC)NCCN(C)CCCOC. The van der Waals surface area contributed by atoms with Crippen LogP contribution in [0, 0.1) is 0 Å². The van der Waals surface area contributed by atoms with Crippen molar-refractivity contribution < 1.29 is 4.74 Å². The summed E-state index contributed by atoms with van der Waals surface area (Å²) >= 11 is 0. The van der Waals surface area contributed by atoms with Crippen molar-refractivity contribution in [2.24, 2.45) is 12.0 Å². The summed E-state index contributed by atoms with van der Waals surface area (Å²) in [5.41, 5.74) is 3.70. The van der Waals surface area contributed by atoms with Gasteiger partial charge in [0.1, 0.15) is 0 Å². The monoisotopic (exact) mass is 366 g/mol. The Morgan fingerprint density at radius 2 is 1.96 bits per heavy atom. The smallest absolute Gasteiger partial charge is 0.191 e. The van der Waals surface area contributed by atoms with Crippen LogP contribution in [0.5, 0.6) is 0 Å². The van der Waals surface area contributed by atoms with E-state index < -0.39 is 0 Å². The molecule has 26 heavy (non-hydrogen) atoms. The average molecular weight is 367 g/mol. The molecule has 0 saturated heterocycles. The van der Waals surface area contributed by atoms with Gasteiger partial charge < -0.3 is 20.3 Å². The van der Waals surface area contributed by atoms with Gasteiger partial charge in [0.2, 0.25) is 0 Å². The van der Waals surface area contributed by atoms with E-state index in [1.165, 1.54) is 11.3 Å². The van der Waals surface area contributed by atoms with E-state index in [1.807, 2.05) is 11.7 Å². The highest BCUT2D eigenvalue weighted by Crippen LogP contribution is 2.16. The van der Waals surface area contributed by atoms with Crippen molar-refractivity contribution >= 4 is 5.96 Å². The van der Waals surface area contributed by atoms with Crippen LogP contribution < -0.4 is 10.6 Å². The summed E-state index contributed by atoms with van der Waals surface area (Å²) < 4.78 is 7.10. The summed E-state index contributed by atoms with van der Waals surface area (Å²) in [6.07, 6.45) is 2.97. The van der Waals surface area contributed by atoms with Crippen molar-refractivity contribution in [1.29, 1.82) is 0 Å². The van der Waals surface area contributed by atoms with Crippen molar-refractivity contribution in [3.8, 4) is 0 Å². The fourth-order valence-corrected chi connectivity index (χ4v) is 3.03. The van der Waals surface area contributed by atoms with Crippen molar-refractivity contribution in [3.63, 3.8) is 0 Å². The van der Waals surface area contributed by atoms with Gasteiger partial charge >= 0.3 is 0 Å². The zero-order valence-corrected chi connectivity index (χ0v) is 17.6. The number of aryl methyl sites for hydroxylation is 2. The van der Waals surface area contributed by atoms with Crippen LogP contribution in [0.15, 0.2) is 4.99 Å². The molecule has 0 amide bonds. The number of guanidine groups is 1. The van der Waals surface area contributed by atoms with Gasteiger partial charge in [-0.05, 0) is 33.2 Å². The molecule has 0 aromatic carbocycles. The third kappa shape index (κ3) is 7.33. The molecule has 1 heterocycles. The highest BCUT2D eigenvalue weighted by atomic mass is 16.5. The number of ether oxygens (including phenoxy) is 1. The molecule has 1 aromatic rings. The van der Waals surface area contributed by atoms with E-state index in [2.05, 4.69) is 48.5 Å². The molecule has 1 aromatic heterocycles. The van der Waals surface area contributed by atoms with Crippen LogP contribution in [-0.2, 0) is 31.2 Å². The maximum absolute atomic E-state index is 5.10. The molecule has 0 radical (unpaired) electrons. The number of rotatable bonds is 12. The molecule has 0 unspecified atom stereocenters. The van der Waals surface area contributed by atoms with Gasteiger partial charge in [-0.3, -0.25) is 4.68 Å². The zero-order valence-electron chi connectivity index (χ0n) is 17.6. The van der Waals surface area contributed by atoms with Crippen LogP contribution in [0.2, 0.25) is 0 Å². The second kappa shape index (κ2) is 12.7. The molecule has 0 atom stereocenters. The topological polar surface area (TPSA) is 66.7 Å². The number of likely N-dealkylation sites (N-methyl/N-ethyl adjacent to an activating group) is 1. The molecular weight excluding hydrogens is 328 g/mol. The van der Waals surface area contributed by atoms with Crippen LogP contribution in [0.1, 0.15) is 44.1 Å². The fourth-order valence-electron chi connectivity index (χ4n) is 3.03. The summed E-state index contributed by atoms with van der Waals surface area (Å²) in [6.45, 7) is 11.6. The first-order valence-corrected chi connectivity index (χ1v) is 9.80. The lowest BCUT2D eigenvalue weighted by Gasteiger charge is -2.18. The minimum Gasteiger partial charge on any atom is -0.385 e. The van der Waals surface area contributed by atoms with Gasteiger partial charge in [0.25, 0.3) is 0 Å². The molecule has 1 rings (SSSR count). The fraction of sp³-hybridized carbons (Fsp3) is 0.789. The second-order valence-corrected chi connectivity index (χ2v) is 6.47. The maximum atomic E-state index is 5.10. The Bertz CT molecular complexity index is 540. The number of aromatic nitrogens is 2. The Labute approximate surface area is 159 Å². The standard InChI is InChI=1S/C19H38N6O/c1-7-17-16(18(8-2)25(5)23-17)15-22-19(20-9-3)21-11-13-24(4)12-10-14-26-6/h7-15H2,1-6H3,(H2,20,21,22). The number of hydrogen-bond acceptors (Lipinski definition) is 4. The molecule has 150 valence electrons. The number of aliphatic imine (C=N–C) groups is 1. The highest BCUT2D eigenvalue weighted by Gasteiger charge is 2.13. The molecule has 0 bridgehead atoms.